The van der Waals surface area contributed by atoms with Crippen LogP contribution in [0, 0.1) is 11.8 Å². The van der Waals surface area contributed by atoms with Crippen molar-refractivity contribution in [3.05, 3.63) is 11.8 Å². The maximum atomic E-state index is 5.48. The second-order valence-electron chi connectivity index (χ2n) is 3.40. The molecule has 0 radical (unpaired) electrons. The highest BCUT2D eigenvalue weighted by molar-refractivity contribution is 4.97. The minimum atomic E-state index is 0.511. The molecule has 0 amide bonds. The van der Waals surface area contributed by atoms with E-state index in [0.29, 0.717) is 11.8 Å². The number of hydrogen-bond donors (Lipinski definition) is 0. The predicted molar refractivity (Wildman–Crippen MR) is 49.4 cm³/mol. The van der Waals surface area contributed by atoms with Crippen molar-refractivity contribution in [2.24, 2.45) is 11.8 Å². The van der Waals surface area contributed by atoms with E-state index in [0.717, 1.165) is 12.4 Å². The molecule has 0 saturated carbocycles. The standard InChI is InChI=1S/C10H20O/c1-6-11-10(9(4)5)7-8(2)3/h7-9H,6H2,1-5H3. The molecule has 0 aliphatic heterocycles. The fraction of sp³-hybridized carbons (Fsp3) is 0.800. The summed E-state index contributed by atoms with van der Waals surface area (Å²) in [4.78, 5) is 0. The van der Waals surface area contributed by atoms with Crippen molar-refractivity contribution in [1.29, 1.82) is 0 Å². The molecule has 0 heterocycles. The summed E-state index contributed by atoms with van der Waals surface area (Å²) in [5, 5.41) is 0. The van der Waals surface area contributed by atoms with Crippen LogP contribution in [0.15, 0.2) is 11.8 Å². The van der Waals surface area contributed by atoms with Gasteiger partial charge in [-0.3, -0.25) is 0 Å². The zero-order valence-corrected chi connectivity index (χ0v) is 8.35. The molecule has 0 aromatic carbocycles. The molecule has 0 unspecified atom stereocenters. The van der Waals surface area contributed by atoms with Gasteiger partial charge in [0.1, 0.15) is 0 Å². The quantitative estimate of drug-likeness (QED) is 0.568. The molecule has 0 aromatic heterocycles. The second-order valence-corrected chi connectivity index (χ2v) is 3.40. The van der Waals surface area contributed by atoms with Gasteiger partial charge in [0.15, 0.2) is 0 Å². The summed E-state index contributed by atoms with van der Waals surface area (Å²) >= 11 is 0. The van der Waals surface area contributed by atoms with Gasteiger partial charge in [0.25, 0.3) is 0 Å². The molecule has 0 bridgehead atoms. The topological polar surface area (TPSA) is 9.23 Å². The summed E-state index contributed by atoms with van der Waals surface area (Å²) < 4.78 is 5.48. The van der Waals surface area contributed by atoms with Gasteiger partial charge < -0.3 is 4.74 Å². The van der Waals surface area contributed by atoms with Gasteiger partial charge in [-0.2, -0.15) is 0 Å². The van der Waals surface area contributed by atoms with Gasteiger partial charge in [-0.15, -0.1) is 0 Å². The first-order valence-electron chi connectivity index (χ1n) is 4.42. The Kier molecular flexibility index (Phi) is 5.01. The van der Waals surface area contributed by atoms with Crippen molar-refractivity contribution < 1.29 is 4.74 Å². The summed E-state index contributed by atoms with van der Waals surface area (Å²) in [7, 11) is 0. The van der Waals surface area contributed by atoms with Gasteiger partial charge in [-0.05, 0) is 18.9 Å². The SMILES string of the molecule is CCOC(=CC(C)C)C(C)C. The Morgan fingerprint density at radius 3 is 2.09 bits per heavy atom. The van der Waals surface area contributed by atoms with Crippen molar-refractivity contribution >= 4 is 0 Å². The monoisotopic (exact) mass is 156 g/mol. The van der Waals surface area contributed by atoms with Gasteiger partial charge in [0.2, 0.25) is 0 Å². The molecular formula is C10H20O. The highest BCUT2D eigenvalue weighted by atomic mass is 16.5. The summed E-state index contributed by atoms with van der Waals surface area (Å²) in [6, 6.07) is 0. The Morgan fingerprint density at radius 1 is 1.27 bits per heavy atom. The number of ether oxygens (including phenoxy) is 1. The fourth-order valence-corrected chi connectivity index (χ4v) is 0.902. The number of allylic oxidation sites excluding steroid dienone is 2. The Bertz CT molecular complexity index is 123. The van der Waals surface area contributed by atoms with E-state index in [1.54, 1.807) is 0 Å². The highest BCUT2D eigenvalue weighted by Crippen LogP contribution is 2.13. The fourth-order valence-electron chi connectivity index (χ4n) is 0.902. The molecule has 66 valence electrons. The molecule has 0 fully saturated rings. The van der Waals surface area contributed by atoms with E-state index in [4.69, 9.17) is 4.74 Å². The maximum absolute atomic E-state index is 5.48. The Hall–Kier alpha value is -0.460. The van der Waals surface area contributed by atoms with Crippen molar-refractivity contribution in [3.8, 4) is 0 Å². The molecule has 0 aliphatic carbocycles. The molecule has 0 spiro atoms. The molecule has 1 nitrogen and oxygen atoms in total. The lowest BCUT2D eigenvalue weighted by atomic mass is 10.1. The summed E-state index contributed by atoms with van der Waals surface area (Å²) in [5.41, 5.74) is 0. The van der Waals surface area contributed by atoms with Crippen LogP contribution >= 0.6 is 0 Å². The number of rotatable bonds is 4. The molecular weight excluding hydrogens is 136 g/mol. The van der Waals surface area contributed by atoms with E-state index in [9.17, 15) is 0 Å². The van der Waals surface area contributed by atoms with Crippen LogP contribution in [0.3, 0.4) is 0 Å². The lowest BCUT2D eigenvalue weighted by molar-refractivity contribution is 0.197. The first-order chi connectivity index (χ1) is 5.07. The van der Waals surface area contributed by atoms with Gasteiger partial charge in [0.05, 0.1) is 12.4 Å². The minimum Gasteiger partial charge on any atom is -0.498 e. The third kappa shape index (κ3) is 4.88. The van der Waals surface area contributed by atoms with Crippen LogP contribution in [0.1, 0.15) is 34.6 Å². The average Bonchev–Trinajstić information content (AvgIpc) is 1.86. The first kappa shape index (κ1) is 10.5. The van der Waals surface area contributed by atoms with Crippen molar-refractivity contribution in [2.45, 2.75) is 34.6 Å². The van der Waals surface area contributed by atoms with Crippen LogP contribution in [-0.4, -0.2) is 6.61 Å². The van der Waals surface area contributed by atoms with Crippen LogP contribution in [-0.2, 0) is 4.74 Å². The molecule has 0 aliphatic rings. The molecule has 0 atom stereocenters. The highest BCUT2D eigenvalue weighted by Gasteiger charge is 2.03. The van der Waals surface area contributed by atoms with E-state index in [1.807, 2.05) is 6.92 Å². The van der Waals surface area contributed by atoms with Crippen molar-refractivity contribution in [1.82, 2.24) is 0 Å². The normalized spacial score (nSPS) is 12.8. The lowest BCUT2D eigenvalue weighted by Gasteiger charge is -2.13. The molecule has 0 N–H and O–H groups in total. The maximum Gasteiger partial charge on any atom is 0.0947 e. The Labute approximate surface area is 70.4 Å². The average molecular weight is 156 g/mol. The van der Waals surface area contributed by atoms with E-state index < -0.39 is 0 Å². The second kappa shape index (κ2) is 5.22. The van der Waals surface area contributed by atoms with Crippen molar-refractivity contribution in [2.75, 3.05) is 6.61 Å². The molecule has 0 rings (SSSR count). The molecule has 0 saturated heterocycles. The predicted octanol–water partition coefficient (Wildman–Crippen LogP) is 3.22. The van der Waals surface area contributed by atoms with E-state index in [1.165, 1.54) is 0 Å². The molecule has 11 heavy (non-hydrogen) atoms. The summed E-state index contributed by atoms with van der Waals surface area (Å²) in [6.45, 7) is 11.4. The summed E-state index contributed by atoms with van der Waals surface area (Å²) in [5.74, 6) is 2.22. The molecule has 0 aromatic rings. The van der Waals surface area contributed by atoms with Gasteiger partial charge >= 0.3 is 0 Å². The minimum absolute atomic E-state index is 0.511. The third-order valence-corrected chi connectivity index (χ3v) is 1.38. The Balaban J connectivity index is 4.08. The van der Waals surface area contributed by atoms with Gasteiger partial charge in [-0.1, -0.05) is 27.7 Å². The van der Waals surface area contributed by atoms with Crippen molar-refractivity contribution in [3.63, 3.8) is 0 Å². The zero-order chi connectivity index (χ0) is 8.85. The van der Waals surface area contributed by atoms with Crippen LogP contribution in [0.25, 0.3) is 0 Å². The first-order valence-corrected chi connectivity index (χ1v) is 4.42. The van der Waals surface area contributed by atoms with Crippen LogP contribution in [0.5, 0.6) is 0 Å². The Morgan fingerprint density at radius 2 is 1.82 bits per heavy atom. The third-order valence-electron chi connectivity index (χ3n) is 1.38. The van der Waals surface area contributed by atoms with Gasteiger partial charge in [-0.25, -0.2) is 0 Å². The van der Waals surface area contributed by atoms with Crippen LogP contribution < -0.4 is 0 Å². The van der Waals surface area contributed by atoms with E-state index >= 15 is 0 Å². The van der Waals surface area contributed by atoms with Crippen LogP contribution in [0.2, 0.25) is 0 Å². The van der Waals surface area contributed by atoms with Crippen LogP contribution in [0.4, 0.5) is 0 Å². The van der Waals surface area contributed by atoms with E-state index in [-0.39, 0.29) is 0 Å². The smallest absolute Gasteiger partial charge is 0.0947 e. The zero-order valence-electron chi connectivity index (χ0n) is 8.35. The largest absolute Gasteiger partial charge is 0.498 e. The summed E-state index contributed by atoms with van der Waals surface area (Å²) in [6.07, 6.45) is 2.19. The lowest BCUT2D eigenvalue weighted by Crippen LogP contribution is -2.01. The van der Waals surface area contributed by atoms with Gasteiger partial charge in [0, 0.05) is 5.92 Å². The molecule has 1 heteroatoms. The van der Waals surface area contributed by atoms with E-state index in [2.05, 4.69) is 33.8 Å². The number of hydrogen-bond acceptors (Lipinski definition) is 1.